The van der Waals surface area contributed by atoms with Crippen molar-refractivity contribution < 1.29 is 14.3 Å². The van der Waals surface area contributed by atoms with E-state index in [9.17, 15) is 4.79 Å². The summed E-state index contributed by atoms with van der Waals surface area (Å²) in [7, 11) is 5.50. The lowest BCUT2D eigenvalue weighted by atomic mass is 10.0. The third kappa shape index (κ3) is 6.36. The number of pyridine rings is 2. The zero-order chi connectivity index (χ0) is 27.9. The highest BCUT2D eigenvalue weighted by Crippen LogP contribution is 2.38. The van der Waals surface area contributed by atoms with E-state index in [2.05, 4.69) is 26.3 Å². The quantitative estimate of drug-likeness (QED) is 0.216. The summed E-state index contributed by atoms with van der Waals surface area (Å²) in [4.78, 5) is 26.7. The molecular formula is C32H31N5O3. The number of nitrogens with one attached hydrogen (secondary N) is 2. The standard InChI is InChI=1S/C32H31N5O3/c1-37(2)14-8-13-30(38)36-25-12-7-11-23(15-25)24-16-27-28(19-35-32(27)34-18-24)26-17-31(39-3)33-20-29(26)40-21-22-9-5-4-6-10-22/h4-13,15-20H,14,21H2,1-3H3,(H,34,35)(H,36,38)/b13-8+. The molecule has 0 aliphatic heterocycles. The molecule has 0 radical (unpaired) electrons. The lowest BCUT2D eigenvalue weighted by molar-refractivity contribution is -0.111. The third-order valence-corrected chi connectivity index (χ3v) is 6.31. The number of amides is 1. The number of benzene rings is 2. The lowest BCUT2D eigenvalue weighted by Crippen LogP contribution is -2.12. The maximum atomic E-state index is 12.4. The van der Waals surface area contributed by atoms with Gasteiger partial charge in [-0.1, -0.05) is 48.5 Å². The Kier molecular flexibility index (Phi) is 8.18. The van der Waals surface area contributed by atoms with Crippen LogP contribution in [0.15, 0.2) is 97.5 Å². The van der Waals surface area contributed by atoms with Gasteiger partial charge in [0, 0.05) is 58.8 Å². The van der Waals surface area contributed by atoms with Crippen molar-refractivity contribution in [3.63, 3.8) is 0 Å². The zero-order valence-corrected chi connectivity index (χ0v) is 22.7. The molecular weight excluding hydrogens is 502 g/mol. The second kappa shape index (κ2) is 12.3. The average molecular weight is 534 g/mol. The maximum Gasteiger partial charge on any atom is 0.248 e. The molecule has 0 saturated carbocycles. The van der Waals surface area contributed by atoms with Gasteiger partial charge in [0.15, 0.2) is 0 Å². The molecule has 1 amide bonds. The van der Waals surface area contributed by atoms with Crippen molar-refractivity contribution in [2.75, 3.05) is 33.1 Å². The summed E-state index contributed by atoms with van der Waals surface area (Å²) in [6.07, 6.45) is 8.80. The Morgan fingerprint density at radius 2 is 1.82 bits per heavy atom. The summed E-state index contributed by atoms with van der Waals surface area (Å²) >= 11 is 0. The van der Waals surface area contributed by atoms with Gasteiger partial charge >= 0.3 is 0 Å². The Morgan fingerprint density at radius 3 is 2.62 bits per heavy atom. The highest BCUT2D eigenvalue weighted by atomic mass is 16.5. The Hall–Kier alpha value is -4.95. The number of rotatable bonds is 10. The number of likely N-dealkylation sites (N-methyl/N-ethyl adjacent to an activating group) is 1. The number of hydrogen-bond acceptors (Lipinski definition) is 6. The van der Waals surface area contributed by atoms with Gasteiger partial charge in [0.2, 0.25) is 11.8 Å². The Bertz CT molecular complexity index is 1640. The van der Waals surface area contributed by atoms with E-state index in [1.807, 2.05) is 98.1 Å². The second-order valence-corrected chi connectivity index (χ2v) is 9.55. The highest BCUT2D eigenvalue weighted by molar-refractivity contribution is 6.00. The molecule has 5 aromatic rings. The number of H-pyrrole nitrogens is 1. The zero-order valence-electron chi connectivity index (χ0n) is 22.7. The molecule has 5 rings (SSSR count). The molecule has 0 bridgehead atoms. The summed E-state index contributed by atoms with van der Waals surface area (Å²) in [6.45, 7) is 1.11. The highest BCUT2D eigenvalue weighted by Gasteiger charge is 2.16. The maximum absolute atomic E-state index is 12.4. The van der Waals surface area contributed by atoms with E-state index in [0.717, 1.165) is 38.9 Å². The second-order valence-electron chi connectivity index (χ2n) is 9.55. The van der Waals surface area contributed by atoms with Crippen molar-refractivity contribution in [3.8, 4) is 33.9 Å². The van der Waals surface area contributed by atoms with Gasteiger partial charge in [0.05, 0.1) is 13.3 Å². The van der Waals surface area contributed by atoms with Gasteiger partial charge in [0.25, 0.3) is 0 Å². The molecule has 0 atom stereocenters. The minimum Gasteiger partial charge on any atom is -0.487 e. The van der Waals surface area contributed by atoms with E-state index in [1.54, 1.807) is 19.4 Å². The van der Waals surface area contributed by atoms with E-state index >= 15 is 0 Å². The summed E-state index contributed by atoms with van der Waals surface area (Å²) in [5.74, 6) is 0.960. The third-order valence-electron chi connectivity index (χ3n) is 6.31. The number of methoxy groups -OCH3 is 1. The monoisotopic (exact) mass is 533 g/mol. The first-order valence-electron chi connectivity index (χ1n) is 12.9. The van der Waals surface area contributed by atoms with Crippen LogP contribution in [0, 0.1) is 0 Å². The number of aromatic nitrogens is 3. The van der Waals surface area contributed by atoms with Gasteiger partial charge < -0.3 is 24.7 Å². The van der Waals surface area contributed by atoms with Crippen LogP contribution >= 0.6 is 0 Å². The summed E-state index contributed by atoms with van der Waals surface area (Å²) in [5, 5.41) is 3.86. The number of aromatic amines is 1. The molecule has 0 aliphatic rings. The predicted octanol–water partition coefficient (Wildman–Crippen LogP) is 5.94. The van der Waals surface area contributed by atoms with Gasteiger partial charge in [-0.2, -0.15) is 0 Å². The molecule has 8 nitrogen and oxygen atoms in total. The number of carbonyl (C=O) groups excluding carboxylic acids is 1. The van der Waals surface area contributed by atoms with Gasteiger partial charge in [0.1, 0.15) is 18.0 Å². The van der Waals surface area contributed by atoms with E-state index in [0.29, 0.717) is 30.5 Å². The van der Waals surface area contributed by atoms with Gasteiger partial charge in [-0.3, -0.25) is 4.79 Å². The summed E-state index contributed by atoms with van der Waals surface area (Å²) in [5.41, 5.74) is 6.14. The fourth-order valence-electron chi connectivity index (χ4n) is 4.31. The summed E-state index contributed by atoms with van der Waals surface area (Å²) in [6, 6.07) is 21.7. The first kappa shape index (κ1) is 26.6. The van der Waals surface area contributed by atoms with Gasteiger partial charge in [-0.05, 0) is 43.4 Å². The molecule has 0 spiro atoms. The van der Waals surface area contributed by atoms with Crippen LogP contribution in [0.2, 0.25) is 0 Å². The molecule has 0 unspecified atom stereocenters. The van der Waals surface area contributed by atoms with Crippen molar-refractivity contribution in [3.05, 3.63) is 103 Å². The van der Waals surface area contributed by atoms with Crippen LogP contribution in [0.25, 0.3) is 33.3 Å². The van der Waals surface area contributed by atoms with E-state index in [-0.39, 0.29) is 5.91 Å². The van der Waals surface area contributed by atoms with Crippen LogP contribution < -0.4 is 14.8 Å². The van der Waals surface area contributed by atoms with Gasteiger partial charge in [-0.15, -0.1) is 0 Å². The molecule has 8 heteroatoms. The molecule has 0 saturated heterocycles. The fraction of sp³-hybridized carbons (Fsp3) is 0.156. The van der Waals surface area contributed by atoms with Crippen molar-refractivity contribution >= 4 is 22.6 Å². The Morgan fingerprint density at radius 1 is 0.975 bits per heavy atom. The smallest absolute Gasteiger partial charge is 0.248 e. The number of carbonyl (C=O) groups is 1. The molecule has 202 valence electrons. The average Bonchev–Trinajstić information content (AvgIpc) is 3.39. The molecule has 2 N–H and O–H groups in total. The van der Waals surface area contributed by atoms with E-state index < -0.39 is 0 Å². The Labute approximate surface area is 233 Å². The van der Waals surface area contributed by atoms with E-state index in [1.165, 1.54) is 0 Å². The first-order chi connectivity index (χ1) is 19.5. The molecule has 3 heterocycles. The van der Waals surface area contributed by atoms with Crippen LogP contribution in [0.4, 0.5) is 5.69 Å². The van der Waals surface area contributed by atoms with Crippen LogP contribution in [0.5, 0.6) is 11.6 Å². The van der Waals surface area contributed by atoms with Crippen LogP contribution in [-0.4, -0.2) is 53.5 Å². The van der Waals surface area contributed by atoms with Crippen LogP contribution in [0.3, 0.4) is 0 Å². The van der Waals surface area contributed by atoms with E-state index in [4.69, 9.17) is 9.47 Å². The lowest BCUT2D eigenvalue weighted by Gasteiger charge is -2.12. The summed E-state index contributed by atoms with van der Waals surface area (Å²) < 4.78 is 11.6. The number of fused-ring (bicyclic) bond motifs is 1. The molecule has 40 heavy (non-hydrogen) atoms. The molecule has 2 aromatic carbocycles. The minimum atomic E-state index is -0.171. The molecule has 3 aromatic heterocycles. The SMILES string of the molecule is COc1cc(-c2c[nH]c3ncc(-c4cccc(NC(=O)/C=C/CN(C)C)c4)cc23)c(OCc2ccccc2)cn1. The number of anilines is 1. The molecule has 0 fully saturated rings. The van der Waals surface area contributed by atoms with Crippen molar-refractivity contribution in [2.45, 2.75) is 6.61 Å². The van der Waals surface area contributed by atoms with Crippen LogP contribution in [-0.2, 0) is 11.4 Å². The Balaban J connectivity index is 1.45. The van der Waals surface area contributed by atoms with Crippen LogP contribution in [0.1, 0.15) is 5.56 Å². The first-order valence-corrected chi connectivity index (χ1v) is 12.9. The normalized spacial score (nSPS) is 11.3. The number of hydrogen-bond donors (Lipinski definition) is 2. The largest absolute Gasteiger partial charge is 0.487 e. The fourth-order valence-corrected chi connectivity index (χ4v) is 4.31. The topological polar surface area (TPSA) is 92.4 Å². The van der Waals surface area contributed by atoms with Crippen molar-refractivity contribution in [1.82, 2.24) is 19.9 Å². The number of nitrogens with zero attached hydrogens (tertiary/aromatic N) is 3. The number of ether oxygens (including phenoxy) is 2. The van der Waals surface area contributed by atoms with Gasteiger partial charge in [-0.25, -0.2) is 9.97 Å². The minimum absolute atomic E-state index is 0.171. The predicted molar refractivity (Wildman–Crippen MR) is 158 cm³/mol. The van der Waals surface area contributed by atoms with Crippen molar-refractivity contribution in [2.24, 2.45) is 0 Å². The van der Waals surface area contributed by atoms with Crippen molar-refractivity contribution in [1.29, 1.82) is 0 Å². The molecule has 0 aliphatic carbocycles.